The van der Waals surface area contributed by atoms with E-state index in [0.29, 0.717) is 6.04 Å². The van der Waals surface area contributed by atoms with Crippen molar-refractivity contribution in [2.75, 3.05) is 26.7 Å². The first kappa shape index (κ1) is 10.3. The second-order valence-corrected chi connectivity index (χ2v) is 3.49. The summed E-state index contributed by atoms with van der Waals surface area (Å²) in [7, 11) is 1.80. The fourth-order valence-electron chi connectivity index (χ4n) is 1.42. The van der Waals surface area contributed by atoms with Gasteiger partial charge in [-0.15, -0.1) is 0 Å². The average Bonchev–Trinajstić information content (AvgIpc) is 2.65. The Bertz CT molecular complexity index is 166. The van der Waals surface area contributed by atoms with Gasteiger partial charge in [0.15, 0.2) is 0 Å². The zero-order valence-electron chi connectivity index (χ0n) is 8.47. The maximum Gasteiger partial charge on any atom is 0.317 e. The lowest BCUT2D eigenvalue weighted by molar-refractivity contribution is 0.210. The summed E-state index contributed by atoms with van der Waals surface area (Å²) in [6, 6.07) is 0.505. The Kier molecular flexibility index (Phi) is 4.02. The number of amides is 2. The third kappa shape index (κ3) is 3.22. The van der Waals surface area contributed by atoms with Crippen molar-refractivity contribution >= 4 is 6.03 Å². The molecular formula is C9H19N3O. The van der Waals surface area contributed by atoms with Gasteiger partial charge in [0.05, 0.1) is 0 Å². The van der Waals surface area contributed by atoms with Crippen molar-refractivity contribution in [3.63, 3.8) is 0 Å². The zero-order valence-corrected chi connectivity index (χ0v) is 8.47. The molecule has 1 aliphatic rings. The van der Waals surface area contributed by atoms with Crippen LogP contribution < -0.4 is 10.6 Å². The van der Waals surface area contributed by atoms with Crippen LogP contribution in [0.25, 0.3) is 0 Å². The summed E-state index contributed by atoms with van der Waals surface area (Å²) >= 11 is 0. The van der Waals surface area contributed by atoms with Crippen LogP contribution >= 0.6 is 0 Å². The van der Waals surface area contributed by atoms with E-state index >= 15 is 0 Å². The topological polar surface area (TPSA) is 44.4 Å². The first-order chi connectivity index (χ1) is 6.24. The third-order valence-corrected chi connectivity index (χ3v) is 2.48. The highest BCUT2D eigenvalue weighted by Crippen LogP contribution is 2.03. The molecule has 1 rings (SSSR count). The van der Waals surface area contributed by atoms with E-state index in [-0.39, 0.29) is 6.03 Å². The van der Waals surface area contributed by atoms with Gasteiger partial charge in [0, 0.05) is 26.2 Å². The van der Waals surface area contributed by atoms with E-state index in [1.165, 1.54) is 12.8 Å². The molecule has 1 atom stereocenters. The maximum absolute atomic E-state index is 11.3. The van der Waals surface area contributed by atoms with Gasteiger partial charge in [0.2, 0.25) is 0 Å². The first-order valence-electron chi connectivity index (χ1n) is 4.96. The Morgan fingerprint density at radius 1 is 1.69 bits per heavy atom. The lowest BCUT2D eigenvalue weighted by atomic mass is 10.2. The van der Waals surface area contributed by atoms with E-state index in [1.54, 1.807) is 11.9 Å². The van der Waals surface area contributed by atoms with Crippen molar-refractivity contribution < 1.29 is 4.79 Å². The summed E-state index contributed by atoms with van der Waals surface area (Å²) in [4.78, 5) is 13.0. The second kappa shape index (κ2) is 5.07. The SMILES string of the molecule is CCN(C)C(=O)NCC1CCCN1. The fraction of sp³-hybridized carbons (Fsp3) is 0.889. The number of nitrogens with zero attached hydrogens (tertiary/aromatic N) is 1. The standard InChI is InChI=1S/C9H19N3O/c1-3-12(2)9(13)11-7-8-5-4-6-10-8/h8,10H,3-7H2,1-2H3,(H,11,13). The van der Waals surface area contributed by atoms with Gasteiger partial charge in [-0.1, -0.05) is 0 Å². The number of hydrogen-bond donors (Lipinski definition) is 2. The summed E-state index contributed by atoms with van der Waals surface area (Å²) in [6.45, 7) is 4.56. The van der Waals surface area contributed by atoms with Crippen LogP contribution in [0.2, 0.25) is 0 Å². The molecule has 1 unspecified atom stereocenters. The number of nitrogens with one attached hydrogen (secondary N) is 2. The van der Waals surface area contributed by atoms with Crippen LogP contribution in [0.5, 0.6) is 0 Å². The van der Waals surface area contributed by atoms with Crippen molar-refractivity contribution in [3.8, 4) is 0 Å². The molecule has 0 bridgehead atoms. The number of carbonyl (C=O) groups is 1. The molecule has 0 aromatic rings. The molecule has 0 spiro atoms. The quantitative estimate of drug-likeness (QED) is 0.668. The van der Waals surface area contributed by atoms with Gasteiger partial charge in [-0.3, -0.25) is 0 Å². The van der Waals surface area contributed by atoms with Crippen LogP contribution in [0.1, 0.15) is 19.8 Å². The van der Waals surface area contributed by atoms with Crippen molar-refractivity contribution in [2.45, 2.75) is 25.8 Å². The highest BCUT2D eigenvalue weighted by atomic mass is 16.2. The second-order valence-electron chi connectivity index (χ2n) is 3.49. The van der Waals surface area contributed by atoms with Crippen LogP contribution in [-0.2, 0) is 0 Å². The Labute approximate surface area is 79.7 Å². The molecule has 0 aromatic heterocycles. The van der Waals surface area contributed by atoms with Crippen LogP contribution in [0, 0.1) is 0 Å². The normalized spacial score (nSPS) is 21.5. The zero-order chi connectivity index (χ0) is 9.68. The Morgan fingerprint density at radius 2 is 2.46 bits per heavy atom. The molecule has 0 radical (unpaired) electrons. The van der Waals surface area contributed by atoms with Gasteiger partial charge in [-0.25, -0.2) is 4.79 Å². The summed E-state index contributed by atoms with van der Waals surface area (Å²) in [5.74, 6) is 0. The fourth-order valence-corrected chi connectivity index (χ4v) is 1.42. The van der Waals surface area contributed by atoms with Crippen LogP contribution in [0.3, 0.4) is 0 Å². The summed E-state index contributed by atoms with van der Waals surface area (Å²) in [6.07, 6.45) is 2.40. The van der Waals surface area contributed by atoms with E-state index in [1.807, 2.05) is 6.92 Å². The van der Waals surface area contributed by atoms with Gasteiger partial charge in [-0.05, 0) is 26.3 Å². The van der Waals surface area contributed by atoms with E-state index in [2.05, 4.69) is 10.6 Å². The van der Waals surface area contributed by atoms with E-state index in [4.69, 9.17) is 0 Å². The molecule has 1 saturated heterocycles. The molecule has 1 heterocycles. The van der Waals surface area contributed by atoms with E-state index in [0.717, 1.165) is 19.6 Å². The molecule has 0 aromatic carbocycles. The smallest absolute Gasteiger partial charge is 0.317 e. The predicted molar refractivity (Wildman–Crippen MR) is 52.7 cm³/mol. The number of urea groups is 1. The van der Waals surface area contributed by atoms with Crippen molar-refractivity contribution in [2.24, 2.45) is 0 Å². The van der Waals surface area contributed by atoms with Crippen molar-refractivity contribution in [1.29, 1.82) is 0 Å². The van der Waals surface area contributed by atoms with Crippen LogP contribution in [0.4, 0.5) is 4.79 Å². The van der Waals surface area contributed by atoms with Gasteiger partial charge < -0.3 is 15.5 Å². The van der Waals surface area contributed by atoms with Crippen LogP contribution in [-0.4, -0.2) is 43.7 Å². The molecular weight excluding hydrogens is 166 g/mol. The lowest BCUT2D eigenvalue weighted by Crippen LogP contribution is -2.43. The van der Waals surface area contributed by atoms with Gasteiger partial charge in [0.25, 0.3) is 0 Å². The van der Waals surface area contributed by atoms with E-state index in [9.17, 15) is 4.79 Å². The maximum atomic E-state index is 11.3. The molecule has 13 heavy (non-hydrogen) atoms. The molecule has 0 aliphatic carbocycles. The lowest BCUT2D eigenvalue weighted by Gasteiger charge is -2.17. The molecule has 2 N–H and O–H groups in total. The minimum atomic E-state index is 0.0243. The largest absolute Gasteiger partial charge is 0.336 e. The van der Waals surface area contributed by atoms with Gasteiger partial charge >= 0.3 is 6.03 Å². The average molecular weight is 185 g/mol. The Hall–Kier alpha value is -0.770. The number of carbonyl (C=O) groups excluding carboxylic acids is 1. The molecule has 4 nitrogen and oxygen atoms in total. The number of rotatable bonds is 3. The van der Waals surface area contributed by atoms with Crippen molar-refractivity contribution in [1.82, 2.24) is 15.5 Å². The summed E-state index contributed by atoms with van der Waals surface area (Å²) in [5.41, 5.74) is 0. The monoisotopic (exact) mass is 185 g/mol. The molecule has 2 amide bonds. The minimum absolute atomic E-state index is 0.0243. The first-order valence-corrected chi connectivity index (χ1v) is 4.96. The van der Waals surface area contributed by atoms with Gasteiger partial charge in [-0.2, -0.15) is 0 Å². The summed E-state index contributed by atoms with van der Waals surface area (Å²) in [5, 5.41) is 6.24. The molecule has 0 saturated carbocycles. The van der Waals surface area contributed by atoms with Crippen molar-refractivity contribution in [3.05, 3.63) is 0 Å². The minimum Gasteiger partial charge on any atom is -0.336 e. The highest BCUT2D eigenvalue weighted by molar-refractivity contribution is 5.73. The Morgan fingerprint density at radius 3 is 3.00 bits per heavy atom. The van der Waals surface area contributed by atoms with E-state index < -0.39 is 0 Å². The molecule has 1 aliphatic heterocycles. The molecule has 4 heteroatoms. The predicted octanol–water partition coefficient (Wildman–Crippen LogP) is 0.400. The molecule has 1 fully saturated rings. The third-order valence-electron chi connectivity index (χ3n) is 2.48. The van der Waals surface area contributed by atoms with Crippen LogP contribution in [0.15, 0.2) is 0 Å². The number of hydrogen-bond acceptors (Lipinski definition) is 2. The summed E-state index contributed by atoms with van der Waals surface area (Å²) < 4.78 is 0. The van der Waals surface area contributed by atoms with Gasteiger partial charge in [0.1, 0.15) is 0 Å². The Balaban J connectivity index is 2.13. The molecule has 76 valence electrons. The highest BCUT2D eigenvalue weighted by Gasteiger charge is 2.15.